The van der Waals surface area contributed by atoms with Gasteiger partial charge in [-0.1, -0.05) is 11.6 Å². The minimum absolute atomic E-state index is 0.197. The summed E-state index contributed by atoms with van der Waals surface area (Å²) in [4.78, 5) is 25.0. The summed E-state index contributed by atoms with van der Waals surface area (Å²) < 4.78 is 10.5. The van der Waals surface area contributed by atoms with E-state index in [2.05, 4.69) is 25.6 Å². The number of nitrogens with zero attached hydrogens (tertiary/aromatic N) is 3. The van der Waals surface area contributed by atoms with Crippen molar-refractivity contribution < 1.29 is 14.3 Å². The van der Waals surface area contributed by atoms with E-state index >= 15 is 0 Å². The van der Waals surface area contributed by atoms with Gasteiger partial charge in [-0.25, -0.2) is 9.97 Å². The smallest absolute Gasteiger partial charge is 0.274 e. The third-order valence-electron chi connectivity index (χ3n) is 3.81. The molecule has 3 aromatic rings. The lowest BCUT2D eigenvalue weighted by atomic mass is 10.2. The molecule has 0 bridgehead atoms. The lowest BCUT2D eigenvalue weighted by Crippen LogP contribution is -2.16. The summed E-state index contributed by atoms with van der Waals surface area (Å²) in [5.41, 5.74) is 1.63. The average Bonchev–Trinajstić information content (AvgIpc) is 2.74. The molecule has 0 radical (unpaired) electrons. The fraction of sp³-hybridized carbons (Fsp3) is 0.158. The highest BCUT2D eigenvalue weighted by Crippen LogP contribution is 2.36. The lowest BCUT2D eigenvalue weighted by molar-refractivity contribution is 0.102. The third-order valence-corrected chi connectivity index (χ3v) is 4.11. The molecule has 0 aliphatic carbocycles. The van der Waals surface area contributed by atoms with Gasteiger partial charge in [0.05, 0.1) is 24.9 Å². The molecule has 2 N–H and O–H groups in total. The number of hydrogen-bond acceptors (Lipinski definition) is 7. The van der Waals surface area contributed by atoms with Crippen molar-refractivity contribution in [2.75, 3.05) is 24.9 Å². The second-order valence-electron chi connectivity index (χ2n) is 5.62. The molecule has 0 saturated heterocycles. The minimum atomic E-state index is -0.419. The van der Waals surface area contributed by atoms with Crippen molar-refractivity contribution in [2.45, 2.75) is 6.54 Å². The first kappa shape index (κ1) is 19.4. The monoisotopic (exact) mass is 399 g/mol. The second kappa shape index (κ2) is 9.01. The summed E-state index contributed by atoms with van der Waals surface area (Å²) in [7, 11) is 2.98. The van der Waals surface area contributed by atoms with Gasteiger partial charge in [-0.2, -0.15) is 0 Å². The number of benzene rings is 1. The molecule has 2 heterocycles. The van der Waals surface area contributed by atoms with Gasteiger partial charge in [0.2, 0.25) is 5.95 Å². The predicted molar refractivity (Wildman–Crippen MR) is 106 cm³/mol. The van der Waals surface area contributed by atoms with Crippen LogP contribution in [0.4, 0.5) is 11.6 Å². The number of pyridine rings is 1. The first-order chi connectivity index (χ1) is 13.6. The van der Waals surface area contributed by atoms with E-state index in [1.807, 2.05) is 12.1 Å². The Labute approximate surface area is 166 Å². The first-order valence-corrected chi connectivity index (χ1v) is 8.67. The van der Waals surface area contributed by atoms with Gasteiger partial charge in [-0.15, -0.1) is 0 Å². The highest BCUT2D eigenvalue weighted by Gasteiger charge is 2.15. The first-order valence-electron chi connectivity index (χ1n) is 8.29. The highest BCUT2D eigenvalue weighted by molar-refractivity contribution is 6.32. The van der Waals surface area contributed by atoms with Crippen molar-refractivity contribution in [3.05, 3.63) is 65.2 Å². The second-order valence-corrected chi connectivity index (χ2v) is 6.02. The van der Waals surface area contributed by atoms with Crippen LogP contribution >= 0.6 is 11.6 Å². The Morgan fingerprint density at radius 3 is 2.54 bits per heavy atom. The number of aromatic nitrogens is 3. The summed E-state index contributed by atoms with van der Waals surface area (Å²) in [6, 6.07) is 8.43. The zero-order valence-electron chi connectivity index (χ0n) is 15.3. The molecule has 0 spiro atoms. The van der Waals surface area contributed by atoms with Crippen molar-refractivity contribution in [1.29, 1.82) is 0 Å². The van der Waals surface area contributed by atoms with Gasteiger partial charge in [0.25, 0.3) is 5.91 Å². The van der Waals surface area contributed by atoms with E-state index < -0.39 is 5.91 Å². The van der Waals surface area contributed by atoms with E-state index in [-0.39, 0.29) is 5.69 Å². The van der Waals surface area contributed by atoms with Crippen LogP contribution in [0.1, 0.15) is 16.1 Å². The van der Waals surface area contributed by atoms with Crippen molar-refractivity contribution in [3.63, 3.8) is 0 Å². The van der Waals surface area contributed by atoms with Crippen LogP contribution in [0.2, 0.25) is 5.02 Å². The molecule has 144 valence electrons. The number of ether oxygens (including phenoxy) is 2. The SMILES string of the molecule is COc1cc(NC(=O)c2ccnc(NCc3ccncc3)n2)c(OC)cc1Cl. The number of rotatable bonds is 7. The number of anilines is 2. The standard InChI is InChI=1S/C19H18ClN5O3/c1-27-16-10-15(17(28-2)9-13(16)20)24-18(26)14-5-8-22-19(25-14)23-11-12-3-6-21-7-4-12/h3-10H,11H2,1-2H3,(H,24,26)(H,22,23,25). The molecule has 28 heavy (non-hydrogen) atoms. The van der Waals surface area contributed by atoms with Crippen molar-refractivity contribution in [1.82, 2.24) is 15.0 Å². The van der Waals surface area contributed by atoms with Crippen molar-refractivity contribution >= 4 is 29.1 Å². The Morgan fingerprint density at radius 2 is 1.82 bits per heavy atom. The van der Waals surface area contributed by atoms with Crippen LogP contribution in [0.5, 0.6) is 11.5 Å². The fourth-order valence-corrected chi connectivity index (χ4v) is 2.63. The molecule has 3 rings (SSSR count). The van der Waals surface area contributed by atoms with Crippen LogP contribution in [-0.2, 0) is 6.54 Å². The molecule has 0 aliphatic heterocycles. The number of amides is 1. The van der Waals surface area contributed by atoms with E-state index in [0.717, 1.165) is 5.56 Å². The molecular weight excluding hydrogens is 382 g/mol. The molecule has 1 amide bonds. The molecule has 0 atom stereocenters. The maximum Gasteiger partial charge on any atom is 0.274 e. The van der Waals surface area contributed by atoms with Gasteiger partial charge in [-0.3, -0.25) is 9.78 Å². The highest BCUT2D eigenvalue weighted by atomic mass is 35.5. The van der Waals surface area contributed by atoms with Crippen LogP contribution < -0.4 is 20.1 Å². The van der Waals surface area contributed by atoms with Crippen molar-refractivity contribution in [2.24, 2.45) is 0 Å². The van der Waals surface area contributed by atoms with Crippen LogP contribution in [-0.4, -0.2) is 35.1 Å². The average molecular weight is 400 g/mol. The zero-order chi connectivity index (χ0) is 19.9. The summed E-state index contributed by atoms with van der Waals surface area (Å²) in [5, 5.41) is 6.20. The maximum absolute atomic E-state index is 12.6. The van der Waals surface area contributed by atoms with Gasteiger partial charge in [-0.05, 0) is 23.8 Å². The Morgan fingerprint density at radius 1 is 1.07 bits per heavy atom. The third kappa shape index (κ3) is 4.66. The molecular formula is C19H18ClN5O3. The Kier molecular flexibility index (Phi) is 6.23. The maximum atomic E-state index is 12.6. The molecule has 9 heteroatoms. The van der Waals surface area contributed by atoms with Crippen LogP contribution in [0.3, 0.4) is 0 Å². The number of halogens is 1. The van der Waals surface area contributed by atoms with E-state index in [9.17, 15) is 4.79 Å². The van der Waals surface area contributed by atoms with Gasteiger partial charge in [0.1, 0.15) is 17.2 Å². The van der Waals surface area contributed by atoms with E-state index in [1.165, 1.54) is 26.5 Å². The summed E-state index contributed by atoms with van der Waals surface area (Å²) in [6.45, 7) is 0.510. The number of carbonyl (C=O) groups is 1. The molecule has 0 fully saturated rings. The summed E-state index contributed by atoms with van der Waals surface area (Å²) >= 11 is 6.09. The van der Waals surface area contributed by atoms with Crippen LogP contribution in [0, 0.1) is 0 Å². The molecule has 0 unspecified atom stereocenters. The zero-order valence-corrected chi connectivity index (χ0v) is 16.0. The predicted octanol–water partition coefficient (Wildman–Crippen LogP) is 3.41. The Balaban J connectivity index is 1.74. The molecule has 0 saturated carbocycles. The van der Waals surface area contributed by atoms with Gasteiger partial charge in [0.15, 0.2) is 0 Å². The normalized spacial score (nSPS) is 10.2. The van der Waals surface area contributed by atoms with Gasteiger partial charge >= 0.3 is 0 Å². The lowest BCUT2D eigenvalue weighted by Gasteiger charge is -2.13. The summed E-state index contributed by atoms with van der Waals surface area (Å²) in [5.74, 6) is 0.742. The molecule has 1 aromatic carbocycles. The van der Waals surface area contributed by atoms with E-state index in [1.54, 1.807) is 24.5 Å². The number of nitrogens with one attached hydrogen (secondary N) is 2. The fourth-order valence-electron chi connectivity index (χ4n) is 2.40. The number of hydrogen-bond donors (Lipinski definition) is 2. The minimum Gasteiger partial charge on any atom is -0.495 e. The van der Waals surface area contributed by atoms with Gasteiger partial charge in [0, 0.05) is 37.3 Å². The molecule has 0 aliphatic rings. The molecule has 8 nitrogen and oxygen atoms in total. The number of carbonyl (C=O) groups excluding carboxylic acids is 1. The van der Waals surface area contributed by atoms with E-state index in [0.29, 0.717) is 34.7 Å². The van der Waals surface area contributed by atoms with Crippen molar-refractivity contribution in [3.8, 4) is 11.5 Å². The van der Waals surface area contributed by atoms with Gasteiger partial charge < -0.3 is 20.1 Å². The van der Waals surface area contributed by atoms with E-state index in [4.69, 9.17) is 21.1 Å². The largest absolute Gasteiger partial charge is 0.495 e. The summed E-state index contributed by atoms with van der Waals surface area (Å²) in [6.07, 6.45) is 4.92. The topological polar surface area (TPSA) is 98.3 Å². The van der Waals surface area contributed by atoms with Crippen LogP contribution in [0.15, 0.2) is 48.9 Å². The number of methoxy groups -OCH3 is 2. The molecule has 2 aromatic heterocycles. The quantitative estimate of drug-likeness (QED) is 0.628. The Bertz CT molecular complexity index is 969. The Hall–Kier alpha value is -3.39. The van der Waals surface area contributed by atoms with Crippen LogP contribution in [0.25, 0.3) is 0 Å².